The molecular formula is C14H18N2O2S. The van der Waals surface area contributed by atoms with Gasteiger partial charge in [-0.1, -0.05) is 6.92 Å². The summed E-state index contributed by atoms with van der Waals surface area (Å²) in [7, 11) is 1.62. The van der Waals surface area contributed by atoms with Crippen LogP contribution in [0.15, 0.2) is 29.2 Å². The molecule has 1 aromatic carbocycles. The second kappa shape index (κ2) is 7.70. The Morgan fingerprint density at radius 2 is 2.11 bits per heavy atom. The maximum Gasteiger partial charge on any atom is 0.234 e. The molecule has 0 saturated carbocycles. The summed E-state index contributed by atoms with van der Waals surface area (Å²) < 4.78 is 5.08. The zero-order chi connectivity index (χ0) is 14.3. The van der Waals surface area contributed by atoms with Crippen LogP contribution >= 0.6 is 11.8 Å². The van der Waals surface area contributed by atoms with E-state index in [1.165, 1.54) is 11.8 Å². The van der Waals surface area contributed by atoms with E-state index in [4.69, 9.17) is 10.00 Å². The van der Waals surface area contributed by atoms with E-state index in [-0.39, 0.29) is 11.2 Å². The van der Waals surface area contributed by atoms with E-state index >= 15 is 0 Å². The molecule has 0 unspecified atom stereocenters. The van der Waals surface area contributed by atoms with Crippen molar-refractivity contribution >= 4 is 17.7 Å². The first-order valence-corrected chi connectivity index (χ1v) is 6.99. The Bertz CT molecular complexity index is 454. The van der Waals surface area contributed by atoms with Crippen LogP contribution in [0.5, 0.6) is 5.75 Å². The smallest absolute Gasteiger partial charge is 0.234 e. The van der Waals surface area contributed by atoms with Crippen LogP contribution in [0.3, 0.4) is 0 Å². The highest BCUT2D eigenvalue weighted by Gasteiger charge is 2.17. The quantitative estimate of drug-likeness (QED) is 0.812. The zero-order valence-corrected chi connectivity index (χ0v) is 12.2. The van der Waals surface area contributed by atoms with Crippen LogP contribution in [-0.2, 0) is 4.79 Å². The van der Waals surface area contributed by atoms with Crippen LogP contribution < -0.4 is 10.1 Å². The number of hydrogen-bond donors (Lipinski definition) is 1. The fourth-order valence-electron chi connectivity index (χ4n) is 1.43. The number of methoxy groups -OCH3 is 1. The molecule has 2 atom stereocenters. The molecule has 0 saturated heterocycles. The first-order valence-electron chi connectivity index (χ1n) is 6.11. The van der Waals surface area contributed by atoms with E-state index in [1.54, 1.807) is 7.11 Å². The third kappa shape index (κ3) is 4.84. The van der Waals surface area contributed by atoms with Gasteiger partial charge in [-0.15, -0.1) is 11.8 Å². The van der Waals surface area contributed by atoms with Crippen LogP contribution in [-0.4, -0.2) is 24.3 Å². The van der Waals surface area contributed by atoms with Crippen molar-refractivity contribution in [2.24, 2.45) is 0 Å². The number of carbonyl (C=O) groups excluding carboxylic acids is 1. The highest BCUT2D eigenvalue weighted by Crippen LogP contribution is 2.25. The summed E-state index contributed by atoms with van der Waals surface area (Å²) in [5.74, 6) is 0.672. The van der Waals surface area contributed by atoms with Gasteiger partial charge in [0.15, 0.2) is 0 Å². The molecular weight excluding hydrogens is 260 g/mol. The van der Waals surface area contributed by atoms with E-state index in [2.05, 4.69) is 11.4 Å². The maximum atomic E-state index is 11.9. The fourth-order valence-corrected chi connectivity index (χ4v) is 2.30. The Morgan fingerprint density at radius 1 is 1.47 bits per heavy atom. The molecule has 0 heterocycles. The van der Waals surface area contributed by atoms with Crippen molar-refractivity contribution < 1.29 is 9.53 Å². The van der Waals surface area contributed by atoms with Gasteiger partial charge in [0, 0.05) is 4.90 Å². The molecule has 1 amide bonds. The molecule has 0 aliphatic rings. The van der Waals surface area contributed by atoms with Crippen molar-refractivity contribution in [2.75, 3.05) is 7.11 Å². The summed E-state index contributed by atoms with van der Waals surface area (Å²) in [5, 5.41) is 11.3. The van der Waals surface area contributed by atoms with Crippen LogP contribution in [0.1, 0.15) is 20.3 Å². The van der Waals surface area contributed by atoms with Crippen molar-refractivity contribution in [3.05, 3.63) is 24.3 Å². The summed E-state index contributed by atoms with van der Waals surface area (Å²) in [4.78, 5) is 12.9. The second-order valence-electron chi connectivity index (χ2n) is 4.03. The third-order valence-electron chi connectivity index (χ3n) is 2.62. The molecule has 0 bridgehead atoms. The minimum Gasteiger partial charge on any atom is -0.497 e. The molecule has 0 aliphatic heterocycles. The molecule has 0 radical (unpaired) electrons. The summed E-state index contributed by atoms with van der Waals surface area (Å²) in [5.41, 5.74) is 0. The van der Waals surface area contributed by atoms with Crippen LogP contribution in [0.4, 0.5) is 0 Å². The van der Waals surface area contributed by atoms with E-state index in [9.17, 15) is 4.79 Å². The summed E-state index contributed by atoms with van der Waals surface area (Å²) >= 11 is 1.46. The summed E-state index contributed by atoms with van der Waals surface area (Å²) in [6.45, 7) is 3.70. The Kier molecular flexibility index (Phi) is 6.23. The molecule has 1 N–H and O–H groups in total. The van der Waals surface area contributed by atoms with E-state index in [1.807, 2.05) is 38.1 Å². The number of rotatable bonds is 6. The Morgan fingerprint density at radius 3 is 2.58 bits per heavy atom. The lowest BCUT2D eigenvalue weighted by Gasteiger charge is -2.14. The van der Waals surface area contributed by atoms with Crippen molar-refractivity contribution in [1.29, 1.82) is 5.26 Å². The minimum absolute atomic E-state index is 0.116. The molecule has 0 fully saturated rings. The fraction of sp³-hybridized carbons (Fsp3) is 0.429. The largest absolute Gasteiger partial charge is 0.497 e. The zero-order valence-electron chi connectivity index (χ0n) is 11.3. The highest BCUT2D eigenvalue weighted by molar-refractivity contribution is 8.00. The van der Waals surface area contributed by atoms with Gasteiger partial charge in [0.05, 0.1) is 18.4 Å². The maximum absolute atomic E-state index is 11.9. The van der Waals surface area contributed by atoms with Gasteiger partial charge in [0.1, 0.15) is 11.8 Å². The lowest BCUT2D eigenvalue weighted by Crippen LogP contribution is -2.38. The summed E-state index contributed by atoms with van der Waals surface area (Å²) in [6, 6.07) is 9.19. The molecule has 4 nitrogen and oxygen atoms in total. The average molecular weight is 278 g/mol. The number of carbonyl (C=O) groups is 1. The monoisotopic (exact) mass is 278 g/mol. The molecule has 19 heavy (non-hydrogen) atoms. The molecule has 1 rings (SSSR count). The number of hydrogen-bond acceptors (Lipinski definition) is 4. The normalized spacial score (nSPS) is 13.2. The van der Waals surface area contributed by atoms with Crippen LogP contribution in [0, 0.1) is 11.3 Å². The van der Waals surface area contributed by atoms with Gasteiger partial charge in [-0.3, -0.25) is 4.79 Å². The predicted octanol–water partition coefficient (Wildman–Crippen LogP) is 2.59. The lowest BCUT2D eigenvalue weighted by molar-refractivity contribution is -0.120. The summed E-state index contributed by atoms with van der Waals surface area (Å²) in [6.07, 6.45) is 0.613. The third-order valence-corrected chi connectivity index (χ3v) is 3.73. The number of benzene rings is 1. The van der Waals surface area contributed by atoms with Crippen LogP contribution in [0.25, 0.3) is 0 Å². The Labute approximate surface area is 118 Å². The molecule has 5 heteroatoms. The highest BCUT2D eigenvalue weighted by atomic mass is 32.2. The van der Waals surface area contributed by atoms with Crippen LogP contribution in [0.2, 0.25) is 0 Å². The standard InChI is InChI=1S/C14H18N2O2S/c1-4-11(9-15)16-14(17)10(2)19-13-7-5-12(18-3)6-8-13/h5-8,10-11H,4H2,1-3H3,(H,16,17)/t10-,11-/m0/s1. The van der Waals surface area contributed by atoms with Gasteiger partial charge in [-0.05, 0) is 37.6 Å². The van der Waals surface area contributed by atoms with Crippen molar-refractivity contribution in [3.8, 4) is 11.8 Å². The predicted molar refractivity (Wildman–Crippen MR) is 76.1 cm³/mol. The number of amides is 1. The van der Waals surface area contributed by atoms with Gasteiger partial charge >= 0.3 is 0 Å². The second-order valence-corrected chi connectivity index (χ2v) is 5.45. The number of nitrogens with one attached hydrogen (secondary N) is 1. The molecule has 0 spiro atoms. The topological polar surface area (TPSA) is 62.1 Å². The minimum atomic E-state index is -0.411. The van der Waals surface area contributed by atoms with Gasteiger partial charge in [0.2, 0.25) is 5.91 Å². The Hall–Kier alpha value is -1.67. The number of nitriles is 1. The van der Waals surface area contributed by atoms with Gasteiger partial charge in [-0.2, -0.15) is 5.26 Å². The lowest BCUT2D eigenvalue weighted by atomic mass is 10.2. The SMILES string of the molecule is CC[C@@H](C#N)NC(=O)[C@H](C)Sc1ccc(OC)cc1. The average Bonchev–Trinajstić information content (AvgIpc) is 2.45. The van der Waals surface area contributed by atoms with Crippen molar-refractivity contribution in [2.45, 2.75) is 36.5 Å². The van der Waals surface area contributed by atoms with Gasteiger partial charge in [0.25, 0.3) is 0 Å². The molecule has 0 aliphatic carbocycles. The number of thioether (sulfide) groups is 1. The first kappa shape index (κ1) is 15.4. The van der Waals surface area contributed by atoms with E-state index < -0.39 is 6.04 Å². The number of ether oxygens (including phenoxy) is 1. The molecule has 0 aromatic heterocycles. The number of nitrogens with zero attached hydrogens (tertiary/aromatic N) is 1. The van der Waals surface area contributed by atoms with Gasteiger partial charge in [-0.25, -0.2) is 0 Å². The van der Waals surface area contributed by atoms with Gasteiger partial charge < -0.3 is 10.1 Å². The molecule has 1 aromatic rings. The first-order chi connectivity index (χ1) is 9.10. The van der Waals surface area contributed by atoms with E-state index in [0.717, 1.165) is 10.6 Å². The van der Waals surface area contributed by atoms with E-state index in [0.29, 0.717) is 6.42 Å². The molecule has 102 valence electrons. The van der Waals surface area contributed by atoms with Crippen molar-refractivity contribution in [1.82, 2.24) is 5.32 Å². The Balaban J connectivity index is 2.56. The van der Waals surface area contributed by atoms with Crippen molar-refractivity contribution in [3.63, 3.8) is 0 Å².